The summed E-state index contributed by atoms with van der Waals surface area (Å²) in [5.74, 6) is 0. The van der Waals surface area contributed by atoms with Gasteiger partial charge in [0.25, 0.3) is 5.69 Å². The van der Waals surface area contributed by atoms with Gasteiger partial charge >= 0.3 is 0 Å². The second-order valence-electron chi connectivity index (χ2n) is 6.13. The van der Waals surface area contributed by atoms with Gasteiger partial charge in [-0.05, 0) is 24.6 Å². The number of ether oxygens (including phenoxy) is 1. The molecule has 0 radical (unpaired) electrons. The van der Waals surface area contributed by atoms with Crippen LogP contribution >= 0.6 is 0 Å². The number of nitrogens with one attached hydrogen (secondary N) is 1. The molecule has 0 aliphatic carbocycles. The Labute approximate surface area is 162 Å². The predicted octanol–water partition coefficient (Wildman–Crippen LogP) is 2.45. The maximum absolute atomic E-state index is 12.7. The predicted molar refractivity (Wildman–Crippen MR) is 105 cm³/mol. The van der Waals surface area contributed by atoms with Crippen LogP contribution in [0.15, 0.2) is 58.5 Å². The van der Waals surface area contributed by atoms with Crippen LogP contribution in [0.25, 0.3) is 0 Å². The number of hydrogen-bond donors (Lipinski definition) is 1. The minimum Gasteiger partial charge on any atom is -0.379 e. The van der Waals surface area contributed by atoms with Crippen molar-refractivity contribution in [3.05, 3.63) is 64.2 Å². The van der Waals surface area contributed by atoms with E-state index in [0.29, 0.717) is 18.9 Å². The Bertz CT molecular complexity index is 986. The first-order chi connectivity index (χ1) is 13.4. The van der Waals surface area contributed by atoms with Crippen molar-refractivity contribution >= 4 is 27.1 Å². The number of hydrazone groups is 1. The molecule has 0 unspecified atom stereocenters. The van der Waals surface area contributed by atoms with Crippen molar-refractivity contribution in [2.75, 3.05) is 31.7 Å². The molecule has 0 saturated carbocycles. The zero-order valence-corrected chi connectivity index (χ0v) is 16.1. The highest BCUT2D eigenvalue weighted by molar-refractivity contribution is 7.89. The van der Waals surface area contributed by atoms with Gasteiger partial charge < -0.3 is 4.74 Å². The third-order valence-electron chi connectivity index (χ3n) is 4.31. The molecule has 1 heterocycles. The zero-order valence-electron chi connectivity index (χ0n) is 15.2. The molecule has 10 heteroatoms. The van der Waals surface area contributed by atoms with Crippen molar-refractivity contribution in [3.63, 3.8) is 0 Å². The Hall–Kier alpha value is -2.82. The third-order valence-corrected chi connectivity index (χ3v) is 6.20. The lowest BCUT2D eigenvalue weighted by atomic mass is 10.1. The van der Waals surface area contributed by atoms with E-state index in [2.05, 4.69) is 10.5 Å². The molecule has 2 aromatic carbocycles. The van der Waals surface area contributed by atoms with Crippen LogP contribution in [0.4, 0.5) is 11.4 Å². The summed E-state index contributed by atoms with van der Waals surface area (Å²) in [6.45, 7) is 2.81. The highest BCUT2D eigenvalue weighted by Gasteiger charge is 2.28. The van der Waals surface area contributed by atoms with Gasteiger partial charge in [-0.15, -0.1) is 0 Å². The molecule has 2 aromatic rings. The highest BCUT2D eigenvalue weighted by Crippen LogP contribution is 2.29. The van der Waals surface area contributed by atoms with Crippen LogP contribution in [-0.4, -0.2) is 49.7 Å². The molecule has 0 aromatic heterocycles. The number of rotatable bonds is 6. The molecule has 1 aliphatic rings. The quantitative estimate of drug-likeness (QED) is 0.449. The normalized spacial score (nSPS) is 16.0. The number of nitrogens with zero attached hydrogens (tertiary/aromatic N) is 3. The Morgan fingerprint density at radius 1 is 1.18 bits per heavy atom. The fourth-order valence-corrected chi connectivity index (χ4v) is 4.17. The highest BCUT2D eigenvalue weighted by atomic mass is 32.2. The van der Waals surface area contributed by atoms with E-state index in [9.17, 15) is 18.5 Å². The topological polar surface area (TPSA) is 114 Å². The largest absolute Gasteiger partial charge is 0.379 e. The maximum Gasteiger partial charge on any atom is 0.295 e. The van der Waals surface area contributed by atoms with E-state index >= 15 is 0 Å². The first-order valence-corrected chi connectivity index (χ1v) is 10.1. The van der Waals surface area contributed by atoms with Crippen LogP contribution in [0.2, 0.25) is 0 Å². The van der Waals surface area contributed by atoms with Gasteiger partial charge in [0.2, 0.25) is 10.0 Å². The molecular formula is C18H20N4O5S. The summed E-state index contributed by atoms with van der Waals surface area (Å²) < 4.78 is 31.9. The molecule has 1 aliphatic heterocycles. The lowest BCUT2D eigenvalue weighted by Gasteiger charge is -2.26. The second-order valence-corrected chi connectivity index (χ2v) is 8.07. The molecule has 1 N–H and O–H groups in total. The van der Waals surface area contributed by atoms with E-state index < -0.39 is 14.9 Å². The van der Waals surface area contributed by atoms with Crippen LogP contribution in [0.1, 0.15) is 12.5 Å². The standard InChI is InChI=1S/C18H20N4O5S/c1-14(15-5-3-2-4-6-15)19-20-17-8-7-16(13-18(17)22(23)24)28(25,26)21-9-11-27-12-10-21/h2-8,13,20H,9-12H2,1H3/b19-14+. The van der Waals surface area contributed by atoms with E-state index in [0.717, 1.165) is 11.6 Å². The SMILES string of the molecule is C/C(=N\Nc1ccc(S(=O)(=O)N2CCOCC2)cc1[N+](=O)[O-])c1ccccc1. The van der Waals surface area contributed by atoms with Crippen molar-refractivity contribution in [2.24, 2.45) is 5.10 Å². The minimum atomic E-state index is -3.82. The molecule has 0 bridgehead atoms. The van der Waals surface area contributed by atoms with E-state index in [1.165, 1.54) is 16.4 Å². The lowest BCUT2D eigenvalue weighted by Crippen LogP contribution is -2.40. The van der Waals surface area contributed by atoms with Gasteiger partial charge in [-0.2, -0.15) is 9.41 Å². The summed E-state index contributed by atoms with van der Waals surface area (Å²) >= 11 is 0. The van der Waals surface area contributed by atoms with Crippen molar-refractivity contribution in [3.8, 4) is 0 Å². The number of benzene rings is 2. The maximum atomic E-state index is 12.7. The Balaban J connectivity index is 1.88. The molecule has 0 atom stereocenters. The fraction of sp³-hybridized carbons (Fsp3) is 0.278. The molecular weight excluding hydrogens is 384 g/mol. The van der Waals surface area contributed by atoms with E-state index in [1.54, 1.807) is 6.92 Å². The van der Waals surface area contributed by atoms with Gasteiger partial charge in [-0.25, -0.2) is 8.42 Å². The van der Waals surface area contributed by atoms with Crippen molar-refractivity contribution in [2.45, 2.75) is 11.8 Å². The fourth-order valence-electron chi connectivity index (χ4n) is 2.74. The van der Waals surface area contributed by atoms with Gasteiger partial charge in [0.15, 0.2) is 0 Å². The molecule has 0 spiro atoms. The number of hydrogen-bond acceptors (Lipinski definition) is 7. The molecule has 3 rings (SSSR count). The van der Waals surface area contributed by atoms with Crippen LogP contribution in [-0.2, 0) is 14.8 Å². The molecule has 0 amide bonds. The van der Waals surface area contributed by atoms with Crippen molar-refractivity contribution < 1.29 is 18.1 Å². The Kier molecular flexibility index (Phi) is 6.02. The number of nitro benzene ring substituents is 1. The van der Waals surface area contributed by atoms with Gasteiger partial charge in [-0.3, -0.25) is 15.5 Å². The number of morpholine rings is 1. The number of nitro groups is 1. The zero-order chi connectivity index (χ0) is 20.1. The smallest absolute Gasteiger partial charge is 0.295 e. The van der Waals surface area contributed by atoms with Gasteiger partial charge in [-0.1, -0.05) is 30.3 Å². The first-order valence-electron chi connectivity index (χ1n) is 8.61. The number of sulfonamides is 1. The summed E-state index contributed by atoms with van der Waals surface area (Å²) in [5.41, 5.74) is 3.92. The monoisotopic (exact) mass is 404 g/mol. The molecule has 1 fully saturated rings. The molecule has 9 nitrogen and oxygen atoms in total. The van der Waals surface area contributed by atoms with Gasteiger partial charge in [0, 0.05) is 19.2 Å². The number of anilines is 1. The average Bonchev–Trinajstić information content (AvgIpc) is 2.73. The van der Waals surface area contributed by atoms with Crippen LogP contribution in [0.3, 0.4) is 0 Å². The molecule has 1 saturated heterocycles. The van der Waals surface area contributed by atoms with Crippen LogP contribution in [0, 0.1) is 10.1 Å². The summed E-state index contributed by atoms with van der Waals surface area (Å²) in [6, 6.07) is 13.1. The average molecular weight is 404 g/mol. The summed E-state index contributed by atoms with van der Waals surface area (Å²) in [5, 5.41) is 15.7. The van der Waals surface area contributed by atoms with Gasteiger partial charge in [0.1, 0.15) is 5.69 Å². The van der Waals surface area contributed by atoms with E-state index in [1.807, 2.05) is 30.3 Å². The molecule has 148 valence electrons. The summed E-state index contributed by atoms with van der Waals surface area (Å²) in [6.07, 6.45) is 0. The van der Waals surface area contributed by atoms with Gasteiger partial charge in [0.05, 0.1) is 28.7 Å². The van der Waals surface area contributed by atoms with E-state index in [4.69, 9.17) is 4.74 Å². The molecule has 28 heavy (non-hydrogen) atoms. The lowest BCUT2D eigenvalue weighted by molar-refractivity contribution is -0.384. The minimum absolute atomic E-state index is 0.112. The third kappa shape index (κ3) is 4.35. The Morgan fingerprint density at radius 3 is 2.50 bits per heavy atom. The summed E-state index contributed by atoms with van der Waals surface area (Å²) in [4.78, 5) is 10.7. The second kappa shape index (κ2) is 8.46. The summed E-state index contributed by atoms with van der Waals surface area (Å²) in [7, 11) is -3.82. The van der Waals surface area contributed by atoms with Crippen molar-refractivity contribution in [1.29, 1.82) is 0 Å². The Morgan fingerprint density at radius 2 is 1.86 bits per heavy atom. The first kappa shape index (κ1) is 19.9. The van der Waals surface area contributed by atoms with Crippen molar-refractivity contribution in [1.82, 2.24) is 4.31 Å². The van der Waals surface area contributed by atoms with E-state index in [-0.39, 0.29) is 29.4 Å². The van der Waals surface area contributed by atoms with Crippen LogP contribution in [0.5, 0.6) is 0 Å². The van der Waals surface area contributed by atoms with Crippen LogP contribution < -0.4 is 5.43 Å².